The maximum absolute atomic E-state index is 4.45. The highest BCUT2D eigenvalue weighted by Crippen LogP contribution is 2.25. The minimum atomic E-state index is 0.409. The van der Waals surface area contributed by atoms with Crippen molar-refractivity contribution in [2.24, 2.45) is 13.0 Å². The number of aryl methyl sites for hydroxylation is 1. The van der Waals surface area contributed by atoms with Gasteiger partial charge in [0.2, 0.25) is 0 Å². The fourth-order valence-corrected chi connectivity index (χ4v) is 3.93. The number of piperazine rings is 1. The third-order valence-corrected chi connectivity index (χ3v) is 5.50. The van der Waals surface area contributed by atoms with Gasteiger partial charge in [-0.15, -0.1) is 0 Å². The number of hydrogen-bond donors (Lipinski definition) is 2. The number of aromatic nitrogens is 2. The van der Waals surface area contributed by atoms with Crippen LogP contribution < -0.4 is 10.9 Å². The van der Waals surface area contributed by atoms with E-state index in [2.05, 4.69) is 67.6 Å². The lowest BCUT2D eigenvalue weighted by Crippen LogP contribution is -2.48. The Morgan fingerprint density at radius 1 is 1.08 bits per heavy atom. The molecule has 2 atom stereocenters. The van der Waals surface area contributed by atoms with E-state index in [0.29, 0.717) is 12.0 Å². The zero-order chi connectivity index (χ0) is 17.1. The highest BCUT2D eigenvalue weighted by atomic mass is 15.4. The Morgan fingerprint density at radius 2 is 1.84 bits per heavy atom. The third-order valence-electron chi connectivity index (χ3n) is 5.50. The molecule has 6 heteroatoms. The van der Waals surface area contributed by atoms with Gasteiger partial charge in [-0.05, 0) is 5.56 Å². The molecule has 0 spiro atoms. The average Bonchev–Trinajstić information content (AvgIpc) is 3.27. The molecule has 2 unspecified atom stereocenters. The molecule has 2 aromatic rings. The summed E-state index contributed by atoms with van der Waals surface area (Å²) in [5.74, 6) is 1.77. The minimum Gasteiger partial charge on any atom is -0.337 e. The Balaban J connectivity index is 1.29. The molecule has 2 saturated heterocycles. The van der Waals surface area contributed by atoms with Gasteiger partial charge in [-0.2, -0.15) is 0 Å². The summed E-state index contributed by atoms with van der Waals surface area (Å²) in [5, 5.41) is 0. The number of benzene rings is 1. The summed E-state index contributed by atoms with van der Waals surface area (Å²) < 4.78 is 2.12. The van der Waals surface area contributed by atoms with Gasteiger partial charge in [0.05, 0.1) is 12.6 Å². The maximum Gasteiger partial charge on any atom is 0.122 e. The Morgan fingerprint density at radius 3 is 2.56 bits per heavy atom. The van der Waals surface area contributed by atoms with E-state index in [-0.39, 0.29) is 0 Å². The van der Waals surface area contributed by atoms with Crippen LogP contribution in [0.25, 0.3) is 0 Å². The number of rotatable bonds is 5. The van der Waals surface area contributed by atoms with Gasteiger partial charge in [0, 0.05) is 64.6 Å². The molecule has 25 heavy (non-hydrogen) atoms. The van der Waals surface area contributed by atoms with Crippen LogP contribution >= 0.6 is 0 Å². The molecule has 0 bridgehead atoms. The van der Waals surface area contributed by atoms with Crippen molar-refractivity contribution < 1.29 is 0 Å². The quantitative estimate of drug-likeness (QED) is 0.851. The molecule has 2 fully saturated rings. The fourth-order valence-electron chi connectivity index (χ4n) is 3.93. The third kappa shape index (κ3) is 3.93. The molecule has 0 amide bonds. The van der Waals surface area contributed by atoms with Crippen molar-refractivity contribution in [3.05, 3.63) is 54.1 Å². The van der Waals surface area contributed by atoms with Gasteiger partial charge in [-0.3, -0.25) is 10.3 Å². The summed E-state index contributed by atoms with van der Waals surface area (Å²) in [4.78, 5) is 9.57. The predicted octanol–water partition coefficient (Wildman–Crippen LogP) is 1.00. The van der Waals surface area contributed by atoms with Gasteiger partial charge in [0.1, 0.15) is 5.82 Å². The van der Waals surface area contributed by atoms with Crippen LogP contribution in [0.2, 0.25) is 0 Å². The minimum absolute atomic E-state index is 0.409. The zero-order valence-electron chi connectivity index (χ0n) is 14.9. The Kier molecular flexibility index (Phi) is 5.12. The van der Waals surface area contributed by atoms with Crippen LogP contribution in [0.3, 0.4) is 0 Å². The number of imidazole rings is 1. The molecule has 0 radical (unpaired) electrons. The van der Waals surface area contributed by atoms with E-state index in [9.17, 15) is 0 Å². The highest BCUT2D eigenvalue weighted by molar-refractivity contribution is 5.20. The summed E-state index contributed by atoms with van der Waals surface area (Å²) in [6.07, 6.45) is 3.91. The van der Waals surface area contributed by atoms with Crippen molar-refractivity contribution in [3.8, 4) is 0 Å². The number of hydrazine groups is 1. The van der Waals surface area contributed by atoms with Gasteiger partial charge in [-0.1, -0.05) is 30.3 Å². The summed E-state index contributed by atoms with van der Waals surface area (Å²) >= 11 is 0. The first-order chi connectivity index (χ1) is 12.3. The number of nitrogens with one attached hydrogen (secondary N) is 2. The second-order valence-corrected chi connectivity index (χ2v) is 7.20. The van der Waals surface area contributed by atoms with Crippen LogP contribution in [0.4, 0.5) is 0 Å². The van der Waals surface area contributed by atoms with Crippen LogP contribution in [0, 0.1) is 5.92 Å². The molecule has 3 heterocycles. The van der Waals surface area contributed by atoms with E-state index in [1.165, 1.54) is 5.56 Å². The molecule has 2 N–H and O–H groups in total. The summed E-state index contributed by atoms with van der Waals surface area (Å²) in [5.41, 5.74) is 8.20. The first-order valence-corrected chi connectivity index (χ1v) is 9.24. The lowest BCUT2D eigenvalue weighted by atomic mass is 9.94. The summed E-state index contributed by atoms with van der Waals surface area (Å²) in [6, 6.07) is 11.2. The van der Waals surface area contributed by atoms with Crippen LogP contribution in [0.5, 0.6) is 0 Å². The van der Waals surface area contributed by atoms with E-state index >= 15 is 0 Å². The van der Waals surface area contributed by atoms with Crippen molar-refractivity contribution >= 4 is 0 Å². The molecule has 2 aliphatic heterocycles. The largest absolute Gasteiger partial charge is 0.337 e. The predicted molar refractivity (Wildman–Crippen MR) is 98.7 cm³/mol. The van der Waals surface area contributed by atoms with E-state index in [1.54, 1.807) is 0 Å². The molecule has 2 aliphatic rings. The van der Waals surface area contributed by atoms with Crippen LogP contribution in [0.1, 0.15) is 17.4 Å². The maximum atomic E-state index is 4.45. The zero-order valence-corrected chi connectivity index (χ0v) is 14.9. The second-order valence-electron chi connectivity index (χ2n) is 7.20. The van der Waals surface area contributed by atoms with E-state index < -0.39 is 0 Å². The lowest BCUT2D eigenvalue weighted by Gasteiger charge is -2.36. The van der Waals surface area contributed by atoms with Gasteiger partial charge in [-0.25, -0.2) is 10.4 Å². The standard InChI is InChI=1S/C19H28N6/c1-23-8-7-20-18(23)15-25-11-9-24(10-12-25)14-17-13-21-22-19(17)16-5-3-2-4-6-16/h2-8,17,19,21-22H,9-15H2,1H3. The fraction of sp³-hybridized carbons (Fsp3) is 0.526. The first-order valence-electron chi connectivity index (χ1n) is 9.24. The van der Waals surface area contributed by atoms with E-state index in [1.807, 2.05) is 12.4 Å². The number of hydrogen-bond acceptors (Lipinski definition) is 5. The molecule has 1 aromatic carbocycles. The monoisotopic (exact) mass is 340 g/mol. The Hall–Kier alpha value is -1.73. The molecule has 1 aromatic heterocycles. The van der Waals surface area contributed by atoms with Crippen molar-refractivity contribution in [2.45, 2.75) is 12.6 Å². The van der Waals surface area contributed by atoms with Crippen molar-refractivity contribution in [1.29, 1.82) is 0 Å². The molecular weight excluding hydrogens is 312 g/mol. The Labute approximate surface area is 149 Å². The van der Waals surface area contributed by atoms with Gasteiger partial charge >= 0.3 is 0 Å². The molecule has 0 aliphatic carbocycles. The molecule has 134 valence electrons. The molecule has 4 rings (SSSR count). The first kappa shape index (κ1) is 16.7. The SMILES string of the molecule is Cn1ccnc1CN1CCN(CC2CNNC2c2ccccc2)CC1. The van der Waals surface area contributed by atoms with E-state index in [0.717, 1.165) is 51.6 Å². The van der Waals surface area contributed by atoms with Gasteiger partial charge in [0.25, 0.3) is 0 Å². The average molecular weight is 340 g/mol. The smallest absolute Gasteiger partial charge is 0.122 e. The lowest BCUT2D eigenvalue weighted by molar-refractivity contribution is 0.110. The topological polar surface area (TPSA) is 48.4 Å². The summed E-state index contributed by atoms with van der Waals surface area (Å²) in [7, 11) is 2.07. The van der Waals surface area contributed by atoms with Crippen molar-refractivity contribution in [3.63, 3.8) is 0 Å². The normalized spacial score (nSPS) is 25.5. The molecule has 6 nitrogen and oxygen atoms in total. The second kappa shape index (κ2) is 7.66. The van der Waals surface area contributed by atoms with Crippen LogP contribution in [-0.2, 0) is 13.6 Å². The summed E-state index contributed by atoms with van der Waals surface area (Å²) in [6.45, 7) is 7.66. The van der Waals surface area contributed by atoms with Gasteiger partial charge in [0.15, 0.2) is 0 Å². The van der Waals surface area contributed by atoms with Crippen LogP contribution in [0.15, 0.2) is 42.7 Å². The van der Waals surface area contributed by atoms with Crippen molar-refractivity contribution in [2.75, 3.05) is 39.3 Å². The van der Waals surface area contributed by atoms with E-state index in [4.69, 9.17) is 0 Å². The van der Waals surface area contributed by atoms with Crippen LogP contribution in [-0.4, -0.2) is 58.6 Å². The Bertz CT molecular complexity index is 662. The number of nitrogens with zero attached hydrogens (tertiary/aromatic N) is 4. The molecular formula is C19H28N6. The van der Waals surface area contributed by atoms with Crippen molar-refractivity contribution in [1.82, 2.24) is 30.2 Å². The highest BCUT2D eigenvalue weighted by Gasteiger charge is 2.30. The molecule has 0 saturated carbocycles. The van der Waals surface area contributed by atoms with Gasteiger partial charge < -0.3 is 9.47 Å².